The van der Waals surface area contributed by atoms with E-state index in [1.807, 2.05) is 13.8 Å². The van der Waals surface area contributed by atoms with Gasteiger partial charge < -0.3 is 20.5 Å². The van der Waals surface area contributed by atoms with E-state index in [-0.39, 0.29) is 30.3 Å². The number of aliphatic imine (C=N–C) groups is 1. The number of nitrogens with two attached hydrogens (primary N) is 1. The Balaban J connectivity index is 2.39. The molecule has 1 aliphatic rings. The monoisotopic (exact) mass is 345 g/mol. The van der Waals surface area contributed by atoms with Crippen LogP contribution in [0.4, 0.5) is 11.4 Å². The van der Waals surface area contributed by atoms with E-state index in [1.165, 1.54) is 13.2 Å². The van der Waals surface area contributed by atoms with Gasteiger partial charge in [0, 0.05) is 30.9 Å². The highest BCUT2D eigenvalue weighted by Gasteiger charge is 2.27. The molecule has 0 unspecified atom stereocenters. The van der Waals surface area contributed by atoms with Gasteiger partial charge in [0.1, 0.15) is 11.4 Å². The second-order valence-electron chi connectivity index (χ2n) is 5.74. The molecule has 0 aromatic heterocycles. The van der Waals surface area contributed by atoms with E-state index in [9.17, 15) is 9.59 Å². The third-order valence-electron chi connectivity index (χ3n) is 4.08. The first-order valence-corrected chi connectivity index (χ1v) is 8.08. The topological polar surface area (TPSA) is 105 Å². The molecule has 0 aliphatic heterocycles. The number of Topliss-reactive ketones (excluding diaryl/α,β-unsaturated/α-hetero) is 1. The van der Waals surface area contributed by atoms with E-state index in [0.717, 1.165) is 5.56 Å². The van der Waals surface area contributed by atoms with Gasteiger partial charge >= 0.3 is 0 Å². The number of rotatable bonds is 6. The molecule has 0 atom stereocenters. The van der Waals surface area contributed by atoms with Gasteiger partial charge in [-0.2, -0.15) is 0 Å². The van der Waals surface area contributed by atoms with E-state index in [4.69, 9.17) is 15.6 Å². The minimum absolute atomic E-state index is 0.0842. The number of aliphatic hydroxyl groups is 1. The maximum Gasteiger partial charge on any atom is 0.202 e. The van der Waals surface area contributed by atoms with Crippen LogP contribution in [0.5, 0.6) is 5.75 Å². The molecule has 0 bridgehead atoms. The van der Waals surface area contributed by atoms with Crippen molar-refractivity contribution >= 4 is 28.7 Å². The number of anilines is 1. The van der Waals surface area contributed by atoms with Crippen molar-refractivity contribution in [3.8, 4) is 5.75 Å². The number of aryl methyl sites for hydroxylation is 1. The summed E-state index contributed by atoms with van der Waals surface area (Å²) in [5, 5.41) is 9.09. The summed E-state index contributed by atoms with van der Waals surface area (Å²) in [6.07, 6.45) is 1.21. The Morgan fingerprint density at radius 1 is 1.36 bits per heavy atom. The number of nitrogen functional groups attached to an aromatic ring is 1. The molecule has 1 aromatic carbocycles. The molecule has 0 heterocycles. The summed E-state index contributed by atoms with van der Waals surface area (Å²) in [4.78, 5) is 30.9. The predicted octanol–water partition coefficient (Wildman–Crippen LogP) is 1.40. The Morgan fingerprint density at radius 2 is 2.08 bits per heavy atom. The summed E-state index contributed by atoms with van der Waals surface area (Å²) in [7, 11) is 1.49. The number of benzene rings is 1. The molecule has 2 rings (SSSR count). The Morgan fingerprint density at radius 3 is 2.68 bits per heavy atom. The smallest absolute Gasteiger partial charge is 0.202 e. The van der Waals surface area contributed by atoms with Crippen LogP contribution in [0.2, 0.25) is 0 Å². The van der Waals surface area contributed by atoms with Crippen molar-refractivity contribution in [2.75, 3.05) is 32.5 Å². The fraction of sp³-hybridized carbons (Fsp3) is 0.389. The number of ether oxygens (including phenoxy) is 1. The summed E-state index contributed by atoms with van der Waals surface area (Å²) in [5.41, 5.74) is 8.18. The number of aliphatic hydroxyl groups excluding tert-OH is 1. The highest BCUT2D eigenvalue weighted by Crippen LogP contribution is 2.33. The molecule has 0 radical (unpaired) electrons. The summed E-state index contributed by atoms with van der Waals surface area (Å²) in [6, 6.07) is 3.37. The Hall–Kier alpha value is -2.67. The molecule has 1 aliphatic carbocycles. The second-order valence-corrected chi connectivity index (χ2v) is 5.74. The van der Waals surface area contributed by atoms with Crippen LogP contribution < -0.4 is 10.5 Å². The molecule has 0 spiro atoms. The summed E-state index contributed by atoms with van der Waals surface area (Å²) >= 11 is 0. The quantitative estimate of drug-likeness (QED) is 0.755. The van der Waals surface area contributed by atoms with Gasteiger partial charge in [0.15, 0.2) is 5.78 Å². The summed E-state index contributed by atoms with van der Waals surface area (Å²) in [6.45, 7) is 4.44. The Labute approximate surface area is 146 Å². The normalized spacial score (nSPS) is 16.2. The van der Waals surface area contributed by atoms with Gasteiger partial charge in [-0.25, -0.2) is 4.99 Å². The molecular formula is C18H23N3O4. The molecule has 25 heavy (non-hydrogen) atoms. The lowest BCUT2D eigenvalue weighted by Crippen LogP contribution is -2.35. The number of nitrogens with zero attached hydrogens (tertiary/aromatic N) is 2. The van der Waals surface area contributed by atoms with Crippen LogP contribution in [0, 0.1) is 6.92 Å². The van der Waals surface area contributed by atoms with Crippen LogP contribution in [0.15, 0.2) is 28.9 Å². The Bertz CT molecular complexity index is 753. The zero-order valence-electron chi connectivity index (χ0n) is 14.7. The highest BCUT2D eigenvalue weighted by atomic mass is 16.5. The molecule has 0 saturated heterocycles. The minimum Gasteiger partial charge on any atom is -0.494 e. The third-order valence-corrected chi connectivity index (χ3v) is 4.08. The first kappa shape index (κ1) is 18.7. The number of carbonyl (C=O) groups is 2. The van der Waals surface area contributed by atoms with Gasteiger partial charge in [0.05, 0.1) is 31.5 Å². The SMILES string of the molecule is CCN(CCO)C1=CC(=O)C(=Nc2cc(C)c(N)cc2OC)CC1=O. The fourth-order valence-electron chi connectivity index (χ4n) is 2.63. The van der Waals surface area contributed by atoms with Gasteiger partial charge in [0.25, 0.3) is 0 Å². The maximum atomic E-state index is 12.4. The number of likely N-dealkylation sites (N-methyl/N-ethyl adjacent to an activating group) is 1. The molecule has 7 nitrogen and oxygen atoms in total. The van der Waals surface area contributed by atoms with Crippen LogP contribution in [-0.2, 0) is 9.59 Å². The van der Waals surface area contributed by atoms with Crippen molar-refractivity contribution in [1.82, 2.24) is 4.90 Å². The van der Waals surface area contributed by atoms with Gasteiger partial charge in [-0.15, -0.1) is 0 Å². The third kappa shape index (κ3) is 4.06. The molecule has 7 heteroatoms. The second kappa shape index (κ2) is 7.94. The van der Waals surface area contributed by atoms with Crippen LogP contribution in [-0.4, -0.2) is 54.1 Å². The van der Waals surface area contributed by atoms with Crippen molar-refractivity contribution in [3.05, 3.63) is 29.5 Å². The number of methoxy groups -OCH3 is 1. The largest absolute Gasteiger partial charge is 0.494 e. The molecule has 0 saturated carbocycles. The van der Waals surface area contributed by atoms with E-state index in [0.29, 0.717) is 35.9 Å². The zero-order chi connectivity index (χ0) is 18.6. The van der Waals surface area contributed by atoms with Gasteiger partial charge in [-0.1, -0.05) is 0 Å². The number of ketones is 2. The molecule has 1 aromatic rings. The molecule has 0 amide bonds. The summed E-state index contributed by atoms with van der Waals surface area (Å²) < 4.78 is 5.26. The van der Waals surface area contributed by atoms with Crippen molar-refractivity contribution in [2.24, 2.45) is 4.99 Å². The molecule has 3 N–H and O–H groups in total. The number of carbonyl (C=O) groups excluding carboxylic acids is 2. The number of hydrogen-bond acceptors (Lipinski definition) is 7. The lowest BCUT2D eigenvalue weighted by molar-refractivity contribution is -0.118. The number of hydrogen-bond donors (Lipinski definition) is 2. The lowest BCUT2D eigenvalue weighted by Gasteiger charge is -2.26. The van der Waals surface area contributed by atoms with E-state index in [2.05, 4.69) is 4.99 Å². The van der Waals surface area contributed by atoms with E-state index in [1.54, 1.807) is 17.0 Å². The number of allylic oxidation sites excluding steroid dienone is 2. The molecule has 134 valence electrons. The van der Waals surface area contributed by atoms with Gasteiger partial charge in [-0.3, -0.25) is 9.59 Å². The van der Waals surface area contributed by atoms with Crippen LogP contribution in [0.25, 0.3) is 0 Å². The van der Waals surface area contributed by atoms with E-state index >= 15 is 0 Å². The average molecular weight is 345 g/mol. The van der Waals surface area contributed by atoms with Gasteiger partial charge in [-0.05, 0) is 25.5 Å². The van der Waals surface area contributed by atoms with Crippen molar-refractivity contribution in [3.63, 3.8) is 0 Å². The predicted molar refractivity (Wildman–Crippen MR) is 96.3 cm³/mol. The lowest BCUT2D eigenvalue weighted by atomic mass is 9.98. The minimum atomic E-state index is -0.317. The van der Waals surface area contributed by atoms with Crippen LogP contribution in [0.1, 0.15) is 18.9 Å². The highest BCUT2D eigenvalue weighted by molar-refractivity contribution is 6.50. The van der Waals surface area contributed by atoms with E-state index < -0.39 is 0 Å². The Kier molecular flexibility index (Phi) is 5.93. The van der Waals surface area contributed by atoms with Crippen molar-refractivity contribution in [1.29, 1.82) is 0 Å². The maximum absolute atomic E-state index is 12.4. The average Bonchev–Trinajstić information content (AvgIpc) is 2.58. The fourth-order valence-corrected chi connectivity index (χ4v) is 2.63. The van der Waals surface area contributed by atoms with Crippen LogP contribution in [0.3, 0.4) is 0 Å². The van der Waals surface area contributed by atoms with Gasteiger partial charge in [0.2, 0.25) is 5.78 Å². The standard InChI is InChI=1S/C18H23N3O4/c1-4-21(5-6-22)15-10-16(23)13(9-17(15)24)20-14-7-11(2)12(19)8-18(14)25-3/h7-8,10,22H,4-6,9,19H2,1-3H3. The summed E-state index contributed by atoms with van der Waals surface area (Å²) in [5.74, 6) is -0.0663. The molecular weight excluding hydrogens is 322 g/mol. The van der Waals surface area contributed by atoms with Crippen LogP contribution >= 0.6 is 0 Å². The van der Waals surface area contributed by atoms with Crippen molar-refractivity contribution in [2.45, 2.75) is 20.3 Å². The van der Waals surface area contributed by atoms with Crippen molar-refractivity contribution < 1.29 is 19.4 Å². The molecule has 0 fully saturated rings. The first-order valence-electron chi connectivity index (χ1n) is 8.08. The zero-order valence-corrected chi connectivity index (χ0v) is 14.7. The first-order chi connectivity index (χ1) is 11.9.